The molecule has 1 amide bonds. The van der Waals surface area contributed by atoms with Gasteiger partial charge in [-0.1, -0.05) is 18.2 Å². The van der Waals surface area contributed by atoms with Gasteiger partial charge in [0.25, 0.3) is 5.91 Å². The lowest BCUT2D eigenvalue weighted by atomic mass is 10.3. The predicted molar refractivity (Wildman–Crippen MR) is 70.2 cm³/mol. The summed E-state index contributed by atoms with van der Waals surface area (Å²) in [6.07, 6.45) is 1.59. The van der Waals surface area contributed by atoms with Crippen molar-refractivity contribution in [3.63, 3.8) is 0 Å². The molecule has 1 saturated heterocycles. The van der Waals surface area contributed by atoms with E-state index in [0.717, 1.165) is 30.9 Å². The first-order valence-electron chi connectivity index (χ1n) is 6.21. The summed E-state index contributed by atoms with van der Waals surface area (Å²) < 4.78 is 0. The van der Waals surface area contributed by atoms with Gasteiger partial charge in [0.2, 0.25) is 6.17 Å². The van der Waals surface area contributed by atoms with Crippen LogP contribution in [0.25, 0.3) is 0 Å². The molecule has 2 aliphatic heterocycles. The Hall–Kier alpha value is -2.04. The highest BCUT2D eigenvalue weighted by molar-refractivity contribution is 5.95. The van der Waals surface area contributed by atoms with Crippen LogP contribution in [0.3, 0.4) is 0 Å². The summed E-state index contributed by atoms with van der Waals surface area (Å²) in [7, 11) is 1.65. The molecular weight excluding hydrogens is 228 g/mol. The molecule has 94 valence electrons. The van der Waals surface area contributed by atoms with E-state index in [4.69, 9.17) is 0 Å². The van der Waals surface area contributed by atoms with Crippen molar-refractivity contribution in [1.29, 1.82) is 0 Å². The molecular formula is C13H16N4O. The molecule has 3 rings (SSSR count). The fourth-order valence-corrected chi connectivity index (χ4v) is 2.50. The molecule has 1 aromatic carbocycles. The van der Waals surface area contributed by atoms with Crippen molar-refractivity contribution in [1.82, 2.24) is 10.3 Å². The number of benzene rings is 1. The lowest BCUT2D eigenvalue weighted by molar-refractivity contribution is -0.122. The molecule has 0 radical (unpaired) electrons. The van der Waals surface area contributed by atoms with E-state index in [9.17, 15) is 4.79 Å². The van der Waals surface area contributed by atoms with Crippen LogP contribution in [0.1, 0.15) is 12.8 Å². The Morgan fingerprint density at radius 2 is 2.17 bits per heavy atom. The number of aliphatic imine (C=N–C) groups is 1. The van der Waals surface area contributed by atoms with Crippen molar-refractivity contribution in [3.8, 4) is 0 Å². The first kappa shape index (κ1) is 11.1. The Kier molecular flexibility index (Phi) is 2.66. The number of amidine groups is 1. The van der Waals surface area contributed by atoms with E-state index in [1.807, 2.05) is 35.3 Å². The van der Waals surface area contributed by atoms with Gasteiger partial charge in [0, 0.05) is 20.0 Å². The van der Waals surface area contributed by atoms with E-state index in [0.29, 0.717) is 0 Å². The molecule has 1 unspecified atom stereocenters. The molecule has 0 saturated carbocycles. The molecule has 2 heterocycles. The molecule has 1 aromatic rings. The maximum absolute atomic E-state index is 11.9. The largest absolute Gasteiger partial charge is 0.356 e. The molecule has 0 bridgehead atoms. The summed E-state index contributed by atoms with van der Waals surface area (Å²) in [5, 5.41) is 6.79. The van der Waals surface area contributed by atoms with E-state index in [-0.39, 0.29) is 5.91 Å². The second kappa shape index (κ2) is 4.33. The summed E-state index contributed by atoms with van der Waals surface area (Å²) in [6.45, 7) is 0.932. The number of fused-ring (bicyclic) bond motifs is 1. The maximum Gasteiger partial charge on any atom is 0.267 e. The zero-order valence-electron chi connectivity index (χ0n) is 10.3. The minimum Gasteiger partial charge on any atom is -0.356 e. The molecule has 1 fully saturated rings. The fourth-order valence-electron chi connectivity index (χ4n) is 2.50. The van der Waals surface area contributed by atoms with Gasteiger partial charge in [-0.05, 0) is 18.6 Å². The highest BCUT2D eigenvalue weighted by Crippen LogP contribution is 2.30. The van der Waals surface area contributed by atoms with Crippen molar-refractivity contribution in [2.45, 2.75) is 19.0 Å². The van der Waals surface area contributed by atoms with Crippen LogP contribution in [0, 0.1) is 0 Å². The van der Waals surface area contributed by atoms with Crippen LogP contribution in [-0.4, -0.2) is 36.5 Å². The molecule has 1 N–H and O–H groups in total. The number of rotatable bonds is 2. The van der Waals surface area contributed by atoms with Gasteiger partial charge in [-0.3, -0.25) is 14.8 Å². The SMILES string of the molecule is CNC(=O)C1N=C2CCCN2N1c1ccccc1. The number of nitrogens with one attached hydrogen (secondary N) is 1. The lowest BCUT2D eigenvalue weighted by Gasteiger charge is -2.32. The van der Waals surface area contributed by atoms with Crippen molar-refractivity contribution in [2.24, 2.45) is 4.99 Å². The highest BCUT2D eigenvalue weighted by Gasteiger charge is 2.39. The third-order valence-electron chi connectivity index (χ3n) is 3.33. The van der Waals surface area contributed by atoms with Crippen LogP contribution in [-0.2, 0) is 4.79 Å². The second-order valence-electron chi connectivity index (χ2n) is 4.44. The van der Waals surface area contributed by atoms with Gasteiger partial charge in [-0.15, -0.1) is 0 Å². The zero-order valence-corrected chi connectivity index (χ0v) is 10.3. The van der Waals surface area contributed by atoms with Crippen LogP contribution in [0.15, 0.2) is 35.3 Å². The summed E-state index contributed by atoms with van der Waals surface area (Å²) in [4.78, 5) is 16.5. The monoisotopic (exact) mass is 244 g/mol. The number of hydrogen-bond acceptors (Lipinski definition) is 4. The summed E-state index contributed by atoms with van der Waals surface area (Å²) in [5.41, 5.74) is 1.01. The Bertz CT molecular complexity index is 485. The zero-order chi connectivity index (χ0) is 12.5. The van der Waals surface area contributed by atoms with E-state index in [1.165, 1.54) is 0 Å². The van der Waals surface area contributed by atoms with Gasteiger partial charge in [0.1, 0.15) is 5.84 Å². The average Bonchev–Trinajstić information content (AvgIpc) is 2.98. The third kappa shape index (κ3) is 1.63. The number of carbonyl (C=O) groups excluding carboxylic acids is 1. The summed E-state index contributed by atoms with van der Waals surface area (Å²) in [6, 6.07) is 9.94. The average molecular weight is 244 g/mol. The Balaban J connectivity index is 1.97. The molecule has 5 nitrogen and oxygen atoms in total. The van der Waals surface area contributed by atoms with Gasteiger partial charge in [-0.25, -0.2) is 4.99 Å². The van der Waals surface area contributed by atoms with E-state index < -0.39 is 6.17 Å². The van der Waals surface area contributed by atoms with Crippen molar-refractivity contribution < 1.29 is 4.79 Å². The van der Waals surface area contributed by atoms with E-state index in [1.54, 1.807) is 7.05 Å². The normalized spacial score (nSPS) is 21.8. The van der Waals surface area contributed by atoms with E-state index in [2.05, 4.69) is 15.3 Å². The van der Waals surface area contributed by atoms with Crippen LogP contribution >= 0.6 is 0 Å². The topological polar surface area (TPSA) is 47.9 Å². The summed E-state index contributed by atoms with van der Waals surface area (Å²) >= 11 is 0. The van der Waals surface area contributed by atoms with Crippen molar-refractivity contribution in [2.75, 3.05) is 18.6 Å². The Labute approximate surface area is 106 Å². The number of hydrazine groups is 1. The van der Waals surface area contributed by atoms with Gasteiger partial charge >= 0.3 is 0 Å². The molecule has 1 atom stereocenters. The minimum atomic E-state index is -0.465. The van der Waals surface area contributed by atoms with Gasteiger partial charge in [-0.2, -0.15) is 0 Å². The van der Waals surface area contributed by atoms with Crippen LogP contribution < -0.4 is 10.3 Å². The smallest absolute Gasteiger partial charge is 0.267 e. The number of amides is 1. The van der Waals surface area contributed by atoms with Gasteiger partial charge in [0.05, 0.1) is 5.69 Å². The van der Waals surface area contributed by atoms with Crippen LogP contribution in [0.5, 0.6) is 0 Å². The number of hydrogen-bond donors (Lipinski definition) is 1. The number of carbonyl (C=O) groups is 1. The number of anilines is 1. The molecule has 0 spiro atoms. The van der Waals surface area contributed by atoms with Crippen molar-refractivity contribution >= 4 is 17.4 Å². The van der Waals surface area contributed by atoms with Crippen LogP contribution in [0.4, 0.5) is 5.69 Å². The molecule has 0 aliphatic carbocycles. The second-order valence-corrected chi connectivity index (χ2v) is 4.44. The van der Waals surface area contributed by atoms with Crippen LogP contribution in [0.2, 0.25) is 0 Å². The summed E-state index contributed by atoms with van der Waals surface area (Å²) in [5.74, 6) is 0.952. The van der Waals surface area contributed by atoms with Crippen molar-refractivity contribution in [3.05, 3.63) is 30.3 Å². The molecule has 5 heteroatoms. The standard InChI is InChI=1S/C13H16N4O/c1-14-13(18)12-15-11-8-5-9-16(11)17(12)10-6-3-2-4-7-10/h2-4,6-7,12H,5,8-9H2,1H3,(H,14,18). The first-order chi connectivity index (χ1) is 8.81. The molecule has 2 aliphatic rings. The Morgan fingerprint density at radius 1 is 1.39 bits per heavy atom. The fraction of sp³-hybridized carbons (Fsp3) is 0.385. The first-order valence-corrected chi connectivity index (χ1v) is 6.21. The Morgan fingerprint density at radius 3 is 2.89 bits per heavy atom. The van der Waals surface area contributed by atoms with Gasteiger partial charge < -0.3 is 5.32 Å². The molecule has 18 heavy (non-hydrogen) atoms. The quantitative estimate of drug-likeness (QED) is 0.844. The maximum atomic E-state index is 11.9. The number of likely N-dealkylation sites (N-methyl/N-ethyl adjacent to an activating group) is 1. The van der Waals surface area contributed by atoms with Gasteiger partial charge in [0.15, 0.2) is 0 Å². The third-order valence-corrected chi connectivity index (χ3v) is 3.33. The van der Waals surface area contributed by atoms with E-state index >= 15 is 0 Å². The molecule has 0 aromatic heterocycles. The number of nitrogens with zero attached hydrogens (tertiary/aromatic N) is 3. The number of para-hydroxylation sites is 1. The minimum absolute atomic E-state index is 0.0687. The lowest BCUT2D eigenvalue weighted by Crippen LogP contribution is -2.49. The predicted octanol–water partition coefficient (Wildman–Crippen LogP) is 0.988. The highest BCUT2D eigenvalue weighted by atomic mass is 16.2.